The largest absolute Gasteiger partial charge is 0.455 e. The summed E-state index contributed by atoms with van der Waals surface area (Å²) in [6.45, 7) is 1.27. The topological polar surface area (TPSA) is 55.4 Å². The van der Waals surface area contributed by atoms with Crippen molar-refractivity contribution < 1.29 is 18.7 Å². The Labute approximate surface area is 138 Å². The van der Waals surface area contributed by atoms with E-state index in [4.69, 9.17) is 16.3 Å². The Balaban J connectivity index is 1.81. The lowest BCUT2D eigenvalue weighted by Gasteiger charge is -2.08. The molecule has 0 aromatic heterocycles. The third-order valence-corrected chi connectivity index (χ3v) is 3.28. The molecule has 0 aliphatic carbocycles. The van der Waals surface area contributed by atoms with Gasteiger partial charge in [0.2, 0.25) is 0 Å². The van der Waals surface area contributed by atoms with Crippen molar-refractivity contribution in [3.63, 3.8) is 0 Å². The summed E-state index contributed by atoms with van der Waals surface area (Å²) in [4.78, 5) is 23.3. The predicted molar refractivity (Wildman–Crippen MR) is 85.9 cm³/mol. The van der Waals surface area contributed by atoms with Crippen LogP contribution in [0, 0.1) is 12.7 Å². The second-order valence-corrected chi connectivity index (χ2v) is 5.43. The maximum Gasteiger partial charge on any atom is 0.310 e. The SMILES string of the molecule is Cc1ccc(NC(=O)COC(=O)Cc2ccc(Cl)cc2)c(F)c1. The third-order valence-electron chi connectivity index (χ3n) is 3.02. The highest BCUT2D eigenvalue weighted by Crippen LogP contribution is 2.15. The van der Waals surface area contributed by atoms with Gasteiger partial charge in [-0.25, -0.2) is 4.39 Å². The average Bonchev–Trinajstić information content (AvgIpc) is 2.50. The molecule has 0 saturated carbocycles. The molecule has 0 aliphatic rings. The van der Waals surface area contributed by atoms with Gasteiger partial charge in [0.25, 0.3) is 5.91 Å². The van der Waals surface area contributed by atoms with Crippen LogP contribution in [0.4, 0.5) is 10.1 Å². The fraction of sp³-hybridized carbons (Fsp3) is 0.176. The average molecular weight is 336 g/mol. The van der Waals surface area contributed by atoms with Crippen molar-refractivity contribution >= 4 is 29.2 Å². The number of carbonyl (C=O) groups is 2. The van der Waals surface area contributed by atoms with E-state index in [1.807, 2.05) is 0 Å². The van der Waals surface area contributed by atoms with Gasteiger partial charge in [-0.1, -0.05) is 29.8 Å². The number of nitrogens with one attached hydrogen (secondary N) is 1. The molecule has 23 heavy (non-hydrogen) atoms. The third kappa shape index (κ3) is 5.38. The van der Waals surface area contributed by atoms with Gasteiger partial charge in [-0.05, 0) is 42.3 Å². The zero-order valence-electron chi connectivity index (χ0n) is 12.4. The van der Waals surface area contributed by atoms with Crippen LogP contribution >= 0.6 is 11.6 Å². The zero-order valence-corrected chi connectivity index (χ0v) is 13.2. The highest BCUT2D eigenvalue weighted by molar-refractivity contribution is 6.30. The first-order valence-corrected chi connectivity index (χ1v) is 7.28. The fourth-order valence-electron chi connectivity index (χ4n) is 1.87. The molecule has 2 rings (SSSR count). The zero-order chi connectivity index (χ0) is 16.8. The second kappa shape index (κ2) is 7.74. The van der Waals surface area contributed by atoms with E-state index in [-0.39, 0.29) is 12.1 Å². The Morgan fingerprint density at radius 3 is 2.52 bits per heavy atom. The van der Waals surface area contributed by atoms with Crippen LogP contribution in [-0.2, 0) is 20.7 Å². The molecule has 0 fully saturated rings. The van der Waals surface area contributed by atoms with Crippen molar-refractivity contribution in [3.8, 4) is 0 Å². The molecule has 0 heterocycles. The van der Waals surface area contributed by atoms with Crippen molar-refractivity contribution in [2.24, 2.45) is 0 Å². The van der Waals surface area contributed by atoms with Crippen LogP contribution in [-0.4, -0.2) is 18.5 Å². The first kappa shape index (κ1) is 17.0. The molecule has 6 heteroatoms. The van der Waals surface area contributed by atoms with Crippen molar-refractivity contribution in [2.75, 3.05) is 11.9 Å². The lowest BCUT2D eigenvalue weighted by Crippen LogP contribution is -2.22. The van der Waals surface area contributed by atoms with Gasteiger partial charge in [0.15, 0.2) is 6.61 Å². The quantitative estimate of drug-likeness (QED) is 0.851. The molecule has 0 saturated heterocycles. The highest BCUT2D eigenvalue weighted by atomic mass is 35.5. The minimum absolute atomic E-state index is 0.0311. The van der Waals surface area contributed by atoms with Gasteiger partial charge in [-0.3, -0.25) is 9.59 Å². The summed E-state index contributed by atoms with van der Waals surface area (Å²) >= 11 is 5.75. The molecular formula is C17H15ClFNO3. The summed E-state index contributed by atoms with van der Waals surface area (Å²) in [6, 6.07) is 11.2. The lowest BCUT2D eigenvalue weighted by atomic mass is 10.1. The maximum atomic E-state index is 13.6. The summed E-state index contributed by atoms with van der Waals surface area (Å²) in [5, 5.41) is 2.93. The molecule has 2 aromatic carbocycles. The molecule has 0 aliphatic heterocycles. The van der Waals surface area contributed by atoms with Crippen LogP contribution in [0.15, 0.2) is 42.5 Å². The number of rotatable bonds is 5. The van der Waals surface area contributed by atoms with E-state index >= 15 is 0 Å². The van der Waals surface area contributed by atoms with Gasteiger partial charge >= 0.3 is 5.97 Å². The van der Waals surface area contributed by atoms with E-state index < -0.39 is 24.3 Å². The molecule has 0 atom stereocenters. The van der Waals surface area contributed by atoms with Crippen LogP contribution in [0.1, 0.15) is 11.1 Å². The van der Waals surface area contributed by atoms with Gasteiger partial charge in [-0.2, -0.15) is 0 Å². The predicted octanol–water partition coefficient (Wildman–Crippen LogP) is 3.51. The van der Waals surface area contributed by atoms with Crippen LogP contribution in [0.25, 0.3) is 0 Å². The van der Waals surface area contributed by atoms with E-state index in [2.05, 4.69) is 5.32 Å². The van der Waals surface area contributed by atoms with E-state index in [1.54, 1.807) is 37.3 Å². The first-order chi connectivity index (χ1) is 10.9. The summed E-state index contributed by atoms with van der Waals surface area (Å²) in [6.07, 6.45) is 0.0311. The van der Waals surface area contributed by atoms with E-state index in [9.17, 15) is 14.0 Å². The molecule has 4 nitrogen and oxygen atoms in total. The minimum atomic E-state index is -0.600. The normalized spacial score (nSPS) is 10.2. The fourth-order valence-corrected chi connectivity index (χ4v) is 2.00. The van der Waals surface area contributed by atoms with Crippen molar-refractivity contribution in [3.05, 3.63) is 64.4 Å². The number of esters is 1. The van der Waals surface area contributed by atoms with E-state index in [1.165, 1.54) is 12.1 Å². The Morgan fingerprint density at radius 2 is 1.87 bits per heavy atom. The lowest BCUT2D eigenvalue weighted by molar-refractivity contribution is -0.146. The molecule has 0 unspecified atom stereocenters. The van der Waals surface area contributed by atoms with Crippen molar-refractivity contribution in [1.82, 2.24) is 0 Å². The molecule has 2 aromatic rings. The standard InChI is InChI=1S/C17H15ClFNO3/c1-11-2-7-15(14(19)8-11)20-16(21)10-23-17(22)9-12-3-5-13(18)6-4-12/h2-8H,9-10H2,1H3,(H,20,21). The Morgan fingerprint density at radius 1 is 1.17 bits per heavy atom. The Hall–Kier alpha value is -2.40. The minimum Gasteiger partial charge on any atom is -0.455 e. The van der Waals surface area contributed by atoms with Crippen molar-refractivity contribution in [2.45, 2.75) is 13.3 Å². The summed E-state index contributed by atoms with van der Waals surface area (Å²) < 4.78 is 18.5. The summed E-state index contributed by atoms with van der Waals surface area (Å²) in [5.74, 6) is -1.69. The van der Waals surface area contributed by atoms with Crippen LogP contribution in [0.3, 0.4) is 0 Å². The number of aryl methyl sites for hydroxylation is 1. The maximum absolute atomic E-state index is 13.6. The second-order valence-electron chi connectivity index (χ2n) is 5.00. The number of anilines is 1. The van der Waals surface area contributed by atoms with Gasteiger partial charge < -0.3 is 10.1 Å². The van der Waals surface area contributed by atoms with Crippen molar-refractivity contribution in [1.29, 1.82) is 0 Å². The molecular weight excluding hydrogens is 321 g/mol. The van der Waals surface area contributed by atoms with E-state index in [0.29, 0.717) is 5.02 Å². The molecule has 0 radical (unpaired) electrons. The number of hydrogen-bond donors (Lipinski definition) is 1. The number of hydrogen-bond acceptors (Lipinski definition) is 3. The molecule has 0 bridgehead atoms. The number of benzene rings is 2. The molecule has 1 amide bonds. The number of carbonyl (C=O) groups excluding carboxylic acids is 2. The van der Waals surface area contributed by atoms with Gasteiger partial charge in [-0.15, -0.1) is 0 Å². The van der Waals surface area contributed by atoms with Crippen LogP contribution in [0.5, 0.6) is 0 Å². The molecule has 0 spiro atoms. The smallest absolute Gasteiger partial charge is 0.310 e. The van der Waals surface area contributed by atoms with Gasteiger partial charge in [0.05, 0.1) is 12.1 Å². The van der Waals surface area contributed by atoms with E-state index in [0.717, 1.165) is 11.1 Å². The van der Waals surface area contributed by atoms with Crippen LogP contribution in [0.2, 0.25) is 5.02 Å². The highest BCUT2D eigenvalue weighted by Gasteiger charge is 2.11. The van der Waals surface area contributed by atoms with Gasteiger partial charge in [0, 0.05) is 5.02 Å². The molecule has 120 valence electrons. The number of halogens is 2. The Kier molecular flexibility index (Phi) is 5.71. The summed E-state index contributed by atoms with van der Waals surface area (Å²) in [7, 11) is 0. The Bertz CT molecular complexity index is 716. The number of amides is 1. The molecule has 1 N–H and O–H groups in total. The first-order valence-electron chi connectivity index (χ1n) is 6.90. The monoisotopic (exact) mass is 335 g/mol. The number of ether oxygens (including phenoxy) is 1. The van der Waals surface area contributed by atoms with Crippen LogP contribution < -0.4 is 5.32 Å². The summed E-state index contributed by atoms with van der Waals surface area (Å²) in [5.41, 5.74) is 1.52. The van der Waals surface area contributed by atoms with Gasteiger partial charge in [0.1, 0.15) is 5.82 Å².